The molecule has 0 aliphatic carbocycles. The third-order valence-corrected chi connectivity index (χ3v) is 4.82. The average molecular weight is 359 g/mol. The average Bonchev–Trinajstić information content (AvgIpc) is 3.02. The van der Waals surface area contributed by atoms with Crippen LogP contribution in [0, 0.1) is 0 Å². The monoisotopic (exact) mass is 359 g/mol. The lowest BCUT2D eigenvalue weighted by molar-refractivity contribution is -0.141. The van der Waals surface area contributed by atoms with Crippen LogP contribution in [0.5, 0.6) is 5.88 Å². The van der Waals surface area contributed by atoms with E-state index < -0.39 is 11.9 Å². The van der Waals surface area contributed by atoms with Gasteiger partial charge in [-0.1, -0.05) is 0 Å². The largest absolute Gasteiger partial charge is 0.474 e. The molecular formula is C17H24F3N3O2. The highest BCUT2D eigenvalue weighted by Crippen LogP contribution is 2.31. The van der Waals surface area contributed by atoms with Gasteiger partial charge in [0.1, 0.15) is 11.8 Å². The molecule has 0 spiro atoms. The van der Waals surface area contributed by atoms with Gasteiger partial charge in [-0.25, -0.2) is 4.98 Å². The van der Waals surface area contributed by atoms with E-state index in [1.54, 1.807) is 6.07 Å². The number of aliphatic hydroxyl groups excluding tert-OH is 1. The van der Waals surface area contributed by atoms with Crippen molar-refractivity contribution in [2.75, 3.05) is 26.2 Å². The van der Waals surface area contributed by atoms with Gasteiger partial charge in [-0.2, -0.15) is 13.2 Å². The fraction of sp³-hybridized carbons (Fsp3) is 0.706. The number of pyridine rings is 1. The van der Waals surface area contributed by atoms with Crippen molar-refractivity contribution in [1.82, 2.24) is 15.2 Å². The zero-order chi connectivity index (χ0) is 17.9. The molecule has 0 amide bonds. The van der Waals surface area contributed by atoms with E-state index in [1.807, 2.05) is 4.90 Å². The number of rotatable bonds is 5. The number of hydrogen-bond donors (Lipinski definition) is 2. The van der Waals surface area contributed by atoms with Crippen LogP contribution in [-0.2, 0) is 12.7 Å². The predicted octanol–water partition coefficient (Wildman–Crippen LogP) is 2.19. The number of nitrogens with zero attached hydrogens (tertiary/aromatic N) is 2. The molecule has 2 N–H and O–H groups in total. The zero-order valence-electron chi connectivity index (χ0n) is 14.1. The van der Waals surface area contributed by atoms with Gasteiger partial charge in [0.15, 0.2) is 0 Å². The highest BCUT2D eigenvalue weighted by molar-refractivity contribution is 5.27. The molecule has 1 unspecified atom stereocenters. The second-order valence-corrected chi connectivity index (χ2v) is 6.71. The molecule has 1 aromatic rings. The fourth-order valence-corrected chi connectivity index (χ4v) is 3.48. The summed E-state index contributed by atoms with van der Waals surface area (Å²) in [7, 11) is 0. The molecule has 1 aromatic heterocycles. The molecular weight excluding hydrogens is 335 g/mol. The second-order valence-electron chi connectivity index (χ2n) is 6.71. The number of halogens is 3. The lowest BCUT2D eigenvalue weighted by Crippen LogP contribution is -2.34. The summed E-state index contributed by atoms with van der Waals surface area (Å²) in [5.41, 5.74) is -0.403. The van der Waals surface area contributed by atoms with Gasteiger partial charge in [-0.15, -0.1) is 0 Å². The van der Waals surface area contributed by atoms with Crippen LogP contribution in [0.25, 0.3) is 0 Å². The first-order valence-corrected chi connectivity index (χ1v) is 8.76. The van der Waals surface area contributed by atoms with E-state index in [-0.39, 0.29) is 24.6 Å². The molecule has 8 heteroatoms. The van der Waals surface area contributed by atoms with Gasteiger partial charge in [0, 0.05) is 18.7 Å². The summed E-state index contributed by atoms with van der Waals surface area (Å²) in [5.74, 6) is 0.0384. The first kappa shape index (κ1) is 18.4. The molecule has 2 aliphatic heterocycles. The number of aromatic nitrogens is 1. The Hall–Kier alpha value is -1.38. The molecule has 0 bridgehead atoms. The van der Waals surface area contributed by atoms with Crippen molar-refractivity contribution in [3.63, 3.8) is 0 Å². The van der Waals surface area contributed by atoms with Crippen LogP contribution in [0.3, 0.4) is 0 Å². The first-order chi connectivity index (χ1) is 12.0. The normalized spacial score (nSPS) is 23.1. The number of aliphatic hydroxyl groups is 1. The van der Waals surface area contributed by atoms with Gasteiger partial charge in [0.05, 0.1) is 6.61 Å². The van der Waals surface area contributed by atoms with Crippen molar-refractivity contribution in [1.29, 1.82) is 0 Å². The van der Waals surface area contributed by atoms with Crippen LogP contribution < -0.4 is 10.1 Å². The number of ether oxygens (including phenoxy) is 1. The molecule has 25 heavy (non-hydrogen) atoms. The van der Waals surface area contributed by atoms with E-state index >= 15 is 0 Å². The van der Waals surface area contributed by atoms with Gasteiger partial charge in [0.2, 0.25) is 5.88 Å². The molecule has 5 nitrogen and oxygen atoms in total. The summed E-state index contributed by atoms with van der Waals surface area (Å²) >= 11 is 0. The zero-order valence-corrected chi connectivity index (χ0v) is 14.1. The third-order valence-electron chi connectivity index (χ3n) is 4.82. The maximum atomic E-state index is 13.2. The Kier molecular flexibility index (Phi) is 5.81. The Morgan fingerprint density at radius 3 is 2.68 bits per heavy atom. The SMILES string of the molecule is OCC1CCCN1Cc1cc(OC2CCNCC2)nc(C(F)(F)F)c1. The Morgan fingerprint density at radius 1 is 1.24 bits per heavy atom. The van der Waals surface area contributed by atoms with Crippen molar-refractivity contribution in [3.8, 4) is 5.88 Å². The Bertz CT molecular complexity index is 577. The summed E-state index contributed by atoms with van der Waals surface area (Å²) in [5, 5.41) is 12.6. The van der Waals surface area contributed by atoms with Crippen molar-refractivity contribution in [2.24, 2.45) is 0 Å². The van der Waals surface area contributed by atoms with Crippen LogP contribution in [-0.4, -0.2) is 53.4 Å². The first-order valence-electron chi connectivity index (χ1n) is 8.76. The molecule has 1 atom stereocenters. The molecule has 2 aliphatic rings. The molecule has 0 radical (unpaired) electrons. The van der Waals surface area contributed by atoms with Crippen molar-refractivity contribution >= 4 is 0 Å². The Labute approximate surface area is 145 Å². The number of alkyl halides is 3. The van der Waals surface area contributed by atoms with Gasteiger partial charge >= 0.3 is 6.18 Å². The van der Waals surface area contributed by atoms with E-state index in [2.05, 4.69) is 10.3 Å². The van der Waals surface area contributed by atoms with E-state index in [9.17, 15) is 18.3 Å². The lowest BCUT2D eigenvalue weighted by atomic mass is 10.1. The van der Waals surface area contributed by atoms with Gasteiger partial charge in [-0.05, 0) is 56.9 Å². The van der Waals surface area contributed by atoms with E-state index in [1.165, 1.54) is 0 Å². The molecule has 2 saturated heterocycles. The van der Waals surface area contributed by atoms with Crippen molar-refractivity contribution < 1.29 is 23.0 Å². The highest BCUT2D eigenvalue weighted by atomic mass is 19.4. The Balaban J connectivity index is 1.79. The number of nitrogens with one attached hydrogen (secondary N) is 1. The summed E-state index contributed by atoms with van der Waals surface area (Å²) in [6, 6.07) is 2.70. The van der Waals surface area contributed by atoms with E-state index in [0.717, 1.165) is 51.4 Å². The van der Waals surface area contributed by atoms with Crippen molar-refractivity contribution in [3.05, 3.63) is 23.4 Å². The Morgan fingerprint density at radius 2 is 2.00 bits per heavy atom. The summed E-state index contributed by atoms with van der Waals surface area (Å²) in [4.78, 5) is 5.69. The van der Waals surface area contributed by atoms with Crippen LogP contribution in [0.2, 0.25) is 0 Å². The lowest BCUT2D eigenvalue weighted by Gasteiger charge is -2.25. The van der Waals surface area contributed by atoms with Crippen LogP contribution in [0.15, 0.2) is 12.1 Å². The minimum Gasteiger partial charge on any atom is -0.474 e. The fourth-order valence-electron chi connectivity index (χ4n) is 3.48. The topological polar surface area (TPSA) is 57.6 Å². The maximum Gasteiger partial charge on any atom is 0.433 e. The molecule has 3 rings (SSSR count). The van der Waals surface area contributed by atoms with Crippen LogP contribution in [0.1, 0.15) is 36.9 Å². The van der Waals surface area contributed by atoms with Gasteiger partial charge in [-0.3, -0.25) is 4.90 Å². The number of piperidine rings is 1. The summed E-state index contributed by atoms with van der Waals surface area (Å²) < 4.78 is 45.3. The maximum absolute atomic E-state index is 13.2. The standard InChI is InChI=1S/C17H24F3N3O2/c18-17(19,20)15-8-12(10-23-7-1-2-13(23)11-24)9-16(22-15)25-14-3-5-21-6-4-14/h8-9,13-14,21,24H,1-7,10-11H2. The van der Waals surface area contributed by atoms with E-state index in [4.69, 9.17) is 4.74 Å². The van der Waals surface area contributed by atoms with Crippen LogP contribution in [0.4, 0.5) is 13.2 Å². The third kappa shape index (κ3) is 4.83. The van der Waals surface area contributed by atoms with Crippen molar-refractivity contribution in [2.45, 2.75) is 50.6 Å². The molecule has 2 fully saturated rings. The number of hydrogen-bond acceptors (Lipinski definition) is 5. The summed E-state index contributed by atoms with van der Waals surface area (Å²) in [6.07, 6.45) is -1.30. The minimum atomic E-state index is -4.51. The minimum absolute atomic E-state index is 0.0105. The quantitative estimate of drug-likeness (QED) is 0.844. The predicted molar refractivity (Wildman–Crippen MR) is 86.3 cm³/mol. The molecule has 140 valence electrons. The molecule has 3 heterocycles. The number of likely N-dealkylation sites (tertiary alicyclic amines) is 1. The highest BCUT2D eigenvalue weighted by Gasteiger charge is 2.34. The smallest absolute Gasteiger partial charge is 0.433 e. The van der Waals surface area contributed by atoms with Gasteiger partial charge in [0.25, 0.3) is 0 Å². The van der Waals surface area contributed by atoms with E-state index in [0.29, 0.717) is 12.1 Å². The van der Waals surface area contributed by atoms with Gasteiger partial charge < -0.3 is 15.2 Å². The van der Waals surface area contributed by atoms with Crippen LogP contribution >= 0.6 is 0 Å². The molecule has 0 aromatic carbocycles. The molecule has 0 saturated carbocycles. The summed E-state index contributed by atoms with van der Waals surface area (Å²) in [6.45, 7) is 2.75. The second kappa shape index (κ2) is 7.88.